The first kappa shape index (κ1) is 14.5. The Balaban J connectivity index is 1.97. The highest BCUT2D eigenvalue weighted by Gasteiger charge is 2.17. The summed E-state index contributed by atoms with van der Waals surface area (Å²) in [5, 5.41) is 8.34. The van der Waals surface area contributed by atoms with Crippen LogP contribution in [0.15, 0.2) is 18.2 Å². The smallest absolute Gasteiger partial charge is 0.225 e. The van der Waals surface area contributed by atoms with Crippen molar-refractivity contribution in [2.24, 2.45) is 0 Å². The van der Waals surface area contributed by atoms with Crippen LogP contribution in [-0.4, -0.2) is 24.4 Å². The van der Waals surface area contributed by atoms with E-state index in [-0.39, 0.29) is 23.5 Å². The van der Waals surface area contributed by atoms with Crippen LogP contribution in [0.2, 0.25) is 0 Å². The van der Waals surface area contributed by atoms with Gasteiger partial charge in [-0.15, -0.1) is 0 Å². The van der Waals surface area contributed by atoms with Crippen LogP contribution in [0.3, 0.4) is 0 Å². The molecule has 1 heterocycles. The molecule has 0 bridgehead atoms. The minimum absolute atomic E-state index is 0.0642. The van der Waals surface area contributed by atoms with Gasteiger partial charge in [0.2, 0.25) is 11.8 Å². The lowest BCUT2D eigenvalue weighted by Crippen LogP contribution is -2.27. The summed E-state index contributed by atoms with van der Waals surface area (Å²) in [6, 6.07) is 4.32. The Morgan fingerprint density at radius 2 is 2.20 bits per heavy atom. The molecule has 2 amide bonds. The van der Waals surface area contributed by atoms with Crippen LogP contribution in [0.5, 0.6) is 0 Å². The fraction of sp³-hybridized carbons (Fsp3) is 0.429. The van der Waals surface area contributed by atoms with E-state index in [2.05, 4.69) is 16.0 Å². The Morgan fingerprint density at radius 1 is 1.40 bits per heavy atom. The van der Waals surface area contributed by atoms with E-state index in [1.807, 2.05) is 0 Å². The largest absolute Gasteiger partial charge is 0.326 e. The van der Waals surface area contributed by atoms with E-state index in [0.717, 1.165) is 19.4 Å². The van der Waals surface area contributed by atoms with Crippen LogP contribution in [0.1, 0.15) is 26.2 Å². The molecule has 1 atom stereocenters. The molecule has 1 aliphatic heterocycles. The monoisotopic (exact) mass is 279 g/mol. The number of benzene rings is 1. The van der Waals surface area contributed by atoms with Crippen molar-refractivity contribution in [2.45, 2.75) is 32.2 Å². The Kier molecular flexibility index (Phi) is 4.68. The molecular weight excluding hydrogens is 261 g/mol. The molecule has 1 aromatic rings. The van der Waals surface area contributed by atoms with Gasteiger partial charge in [0.1, 0.15) is 5.82 Å². The number of amides is 2. The second-order valence-electron chi connectivity index (χ2n) is 4.92. The minimum atomic E-state index is -0.532. The molecule has 0 aliphatic carbocycles. The number of rotatable bonds is 4. The molecule has 6 heteroatoms. The molecule has 1 fully saturated rings. The Morgan fingerprint density at radius 3 is 2.85 bits per heavy atom. The molecule has 1 unspecified atom stereocenters. The third-order valence-corrected chi connectivity index (χ3v) is 3.15. The van der Waals surface area contributed by atoms with Gasteiger partial charge in [0, 0.05) is 25.1 Å². The molecule has 5 nitrogen and oxygen atoms in total. The number of hydrogen-bond acceptors (Lipinski definition) is 3. The van der Waals surface area contributed by atoms with Crippen molar-refractivity contribution < 1.29 is 14.0 Å². The number of carbonyl (C=O) groups is 2. The first-order valence-corrected chi connectivity index (χ1v) is 6.65. The van der Waals surface area contributed by atoms with Gasteiger partial charge >= 0.3 is 0 Å². The predicted molar refractivity (Wildman–Crippen MR) is 75.0 cm³/mol. The SMILES string of the molecule is CC(=O)Nc1cc(NC(=O)CC2CCCN2)ccc1F. The Bertz CT molecular complexity index is 513. The second kappa shape index (κ2) is 6.47. The zero-order valence-corrected chi connectivity index (χ0v) is 11.3. The molecule has 0 aromatic heterocycles. The van der Waals surface area contributed by atoms with E-state index >= 15 is 0 Å². The molecule has 3 N–H and O–H groups in total. The molecule has 1 aromatic carbocycles. The molecule has 2 rings (SSSR count). The number of halogens is 1. The van der Waals surface area contributed by atoms with Crippen LogP contribution in [0.4, 0.5) is 15.8 Å². The molecule has 108 valence electrons. The first-order chi connectivity index (χ1) is 9.54. The van der Waals surface area contributed by atoms with Gasteiger partial charge in [-0.05, 0) is 37.6 Å². The maximum absolute atomic E-state index is 13.5. The van der Waals surface area contributed by atoms with Gasteiger partial charge in [-0.2, -0.15) is 0 Å². The van der Waals surface area contributed by atoms with Crippen molar-refractivity contribution in [3.63, 3.8) is 0 Å². The normalized spacial score (nSPS) is 17.8. The minimum Gasteiger partial charge on any atom is -0.326 e. The van der Waals surface area contributed by atoms with Gasteiger partial charge in [-0.25, -0.2) is 4.39 Å². The van der Waals surface area contributed by atoms with E-state index in [1.54, 1.807) is 0 Å². The summed E-state index contributed by atoms with van der Waals surface area (Å²) in [4.78, 5) is 22.8. The van der Waals surface area contributed by atoms with Crippen LogP contribution >= 0.6 is 0 Å². The van der Waals surface area contributed by atoms with E-state index in [0.29, 0.717) is 12.1 Å². The molecular formula is C14H18FN3O2. The second-order valence-corrected chi connectivity index (χ2v) is 4.92. The molecule has 1 saturated heterocycles. The number of nitrogens with one attached hydrogen (secondary N) is 3. The zero-order valence-electron chi connectivity index (χ0n) is 11.3. The van der Waals surface area contributed by atoms with E-state index in [1.165, 1.54) is 25.1 Å². The summed E-state index contributed by atoms with van der Waals surface area (Å²) in [7, 11) is 0. The molecule has 0 saturated carbocycles. The number of hydrogen-bond donors (Lipinski definition) is 3. The zero-order chi connectivity index (χ0) is 14.5. The van der Waals surface area contributed by atoms with Gasteiger partial charge < -0.3 is 16.0 Å². The van der Waals surface area contributed by atoms with Crippen molar-refractivity contribution in [1.82, 2.24) is 5.32 Å². The van der Waals surface area contributed by atoms with Crippen LogP contribution in [0, 0.1) is 5.82 Å². The highest BCUT2D eigenvalue weighted by atomic mass is 19.1. The van der Waals surface area contributed by atoms with Gasteiger partial charge in [-0.3, -0.25) is 9.59 Å². The maximum atomic E-state index is 13.5. The van der Waals surface area contributed by atoms with Gasteiger partial charge in [-0.1, -0.05) is 0 Å². The summed E-state index contributed by atoms with van der Waals surface area (Å²) >= 11 is 0. The van der Waals surface area contributed by atoms with E-state index < -0.39 is 5.82 Å². The molecule has 0 spiro atoms. The van der Waals surface area contributed by atoms with Crippen molar-refractivity contribution >= 4 is 23.2 Å². The summed E-state index contributed by atoms with van der Waals surface area (Å²) in [5.41, 5.74) is 0.535. The van der Waals surface area contributed by atoms with Crippen molar-refractivity contribution in [1.29, 1.82) is 0 Å². The van der Waals surface area contributed by atoms with Crippen molar-refractivity contribution in [3.05, 3.63) is 24.0 Å². The lowest BCUT2D eigenvalue weighted by Gasteiger charge is -2.11. The Hall–Kier alpha value is -1.95. The van der Waals surface area contributed by atoms with Crippen molar-refractivity contribution in [2.75, 3.05) is 17.2 Å². The molecule has 0 radical (unpaired) electrons. The summed E-state index contributed by atoms with van der Waals surface area (Å²) < 4.78 is 13.5. The highest BCUT2D eigenvalue weighted by molar-refractivity contribution is 5.93. The summed E-state index contributed by atoms with van der Waals surface area (Å²) in [5.74, 6) is -1.01. The maximum Gasteiger partial charge on any atom is 0.225 e. The molecule has 20 heavy (non-hydrogen) atoms. The standard InChI is InChI=1S/C14H18FN3O2/c1-9(19)17-13-7-11(4-5-12(13)15)18-14(20)8-10-3-2-6-16-10/h4-5,7,10,16H,2-3,6,8H2,1H3,(H,17,19)(H,18,20). The fourth-order valence-corrected chi connectivity index (χ4v) is 2.26. The van der Waals surface area contributed by atoms with Crippen LogP contribution in [-0.2, 0) is 9.59 Å². The van der Waals surface area contributed by atoms with Gasteiger partial charge in [0.25, 0.3) is 0 Å². The average Bonchev–Trinajstić information content (AvgIpc) is 2.85. The number of carbonyl (C=O) groups excluding carboxylic acids is 2. The Labute approximate surface area is 116 Å². The van der Waals surface area contributed by atoms with E-state index in [9.17, 15) is 14.0 Å². The fourth-order valence-electron chi connectivity index (χ4n) is 2.26. The van der Waals surface area contributed by atoms with Gasteiger partial charge in [0.15, 0.2) is 0 Å². The third-order valence-electron chi connectivity index (χ3n) is 3.15. The average molecular weight is 279 g/mol. The topological polar surface area (TPSA) is 70.2 Å². The quantitative estimate of drug-likeness (QED) is 0.788. The lowest BCUT2D eigenvalue weighted by molar-refractivity contribution is -0.116. The van der Waals surface area contributed by atoms with Crippen LogP contribution < -0.4 is 16.0 Å². The number of anilines is 2. The summed E-state index contributed by atoms with van der Waals surface area (Å²) in [6.07, 6.45) is 2.47. The predicted octanol–water partition coefficient (Wildman–Crippen LogP) is 1.86. The highest BCUT2D eigenvalue weighted by Crippen LogP contribution is 2.20. The van der Waals surface area contributed by atoms with Gasteiger partial charge in [0.05, 0.1) is 5.69 Å². The third kappa shape index (κ3) is 4.03. The summed E-state index contributed by atoms with van der Waals surface area (Å²) in [6.45, 7) is 2.25. The van der Waals surface area contributed by atoms with Crippen molar-refractivity contribution in [3.8, 4) is 0 Å². The van der Waals surface area contributed by atoms with Crippen LogP contribution in [0.25, 0.3) is 0 Å². The molecule has 1 aliphatic rings. The lowest BCUT2D eigenvalue weighted by atomic mass is 10.1. The first-order valence-electron chi connectivity index (χ1n) is 6.65. The van der Waals surface area contributed by atoms with E-state index in [4.69, 9.17) is 0 Å².